The number of hydrogen-bond acceptors (Lipinski definition) is 6. The zero-order valence-electron chi connectivity index (χ0n) is 37.1. The predicted molar refractivity (Wildman–Crippen MR) is 275 cm³/mol. The highest BCUT2D eigenvalue weighted by Gasteiger charge is 2.41. The number of benzene rings is 9. The van der Waals surface area contributed by atoms with Crippen molar-refractivity contribution in [1.82, 2.24) is 34.5 Å². The molecule has 0 radical (unpaired) electrons. The second kappa shape index (κ2) is 15.7. The molecule has 2 atom stereocenters. The lowest BCUT2D eigenvalue weighted by molar-refractivity contribution is 0.754. The Morgan fingerprint density at radius 3 is 1.07 bits per heavy atom. The molecule has 3 aliphatic carbocycles. The van der Waals surface area contributed by atoms with Gasteiger partial charge in [-0.25, -0.2) is 29.9 Å². The lowest BCUT2D eigenvalue weighted by atomic mass is 9.61. The Hall–Kier alpha value is -9.20. The number of rotatable bonds is 7. The van der Waals surface area contributed by atoms with Gasteiger partial charge in [-0.05, 0) is 69.8 Å². The molecule has 0 N–H and O–H groups in total. The van der Waals surface area contributed by atoms with Crippen molar-refractivity contribution in [3.05, 3.63) is 258 Å². The fourth-order valence-corrected chi connectivity index (χ4v) is 10.8. The summed E-state index contributed by atoms with van der Waals surface area (Å²) in [5.41, 5.74) is 16.7. The van der Waals surface area contributed by atoms with Gasteiger partial charge in [-0.1, -0.05) is 188 Å². The van der Waals surface area contributed by atoms with Crippen LogP contribution in [0, 0.1) is 0 Å². The molecule has 3 aliphatic rings. The number of hydrogen-bond donors (Lipinski definition) is 0. The van der Waals surface area contributed by atoms with Crippen molar-refractivity contribution in [2.24, 2.45) is 0 Å². The van der Waals surface area contributed by atoms with E-state index in [0.29, 0.717) is 34.9 Å². The second-order valence-corrected chi connectivity index (χ2v) is 17.8. The van der Waals surface area contributed by atoms with Crippen LogP contribution < -0.4 is 0 Å². The predicted octanol–water partition coefficient (Wildman–Crippen LogP) is 14.1. The molecule has 3 heterocycles. The third-order valence-corrected chi connectivity index (χ3v) is 13.9. The SMILES string of the molecule is c1ccc(-c2nc(-c3ccccc3)nc(-c3ccc4c(c3)C3c5ccccc5C4c4cc(-c5nc(-c6ccccc6)nc(-c6ccccc6-n6c7ccccc7c7ccccc76)n5)ccc43)n2)cc1. The van der Waals surface area contributed by atoms with Crippen molar-refractivity contribution in [2.75, 3.05) is 0 Å². The van der Waals surface area contributed by atoms with Gasteiger partial charge in [0.25, 0.3) is 0 Å². The third kappa shape index (κ3) is 6.35. The van der Waals surface area contributed by atoms with Gasteiger partial charge in [0.05, 0.1) is 16.7 Å². The molecule has 3 aromatic heterocycles. The summed E-state index contributed by atoms with van der Waals surface area (Å²) in [5.74, 6) is 3.83. The maximum Gasteiger partial charge on any atom is 0.166 e. The van der Waals surface area contributed by atoms with Crippen LogP contribution in [0.5, 0.6) is 0 Å². The van der Waals surface area contributed by atoms with Crippen LogP contribution in [0.3, 0.4) is 0 Å². The van der Waals surface area contributed by atoms with Crippen molar-refractivity contribution in [3.8, 4) is 74.0 Å². The molecule has 2 unspecified atom stereocenters. The first-order valence-electron chi connectivity index (χ1n) is 23.4. The fourth-order valence-electron chi connectivity index (χ4n) is 10.8. The Morgan fingerprint density at radius 2 is 0.609 bits per heavy atom. The first kappa shape index (κ1) is 39.0. The molecule has 9 aromatic carbocycles. The smallest absolute Gasteiger partial charge is 0.166 e. The summed E-state index contributed by atoms with van der Waals surface area (Å²) in [6.07, 6.45) is 0. The molecule has 0 amide bonds. The molecule has 7 heteroatoms. The van der Waals surface area contributed by atoms with Crippen LogP contribution in [-0.4, -0.2) is 34.5 Å². The van der Waals surface area contributed by atoms with Gasteiger partial charge in [-0.15, -0.1) is 0 Å². The molecule has 15 rings (SSSR count). The van der Waals surface area contributed by atoms with Gasteiger partial charge in [0.1, 0.15) is 0 Å². The number of nitrogens with zero attached hydrogens (tertiary/aromatic N) is 7. The van der Waals surface area contributed by atoms with E-state index in [1.54, 1.807) is 0 Å². The number of fused-ring (bicyclic) bond motifs is 3. The summed E-state index contributed by atoms with van der Waals surface area (Å²) in [6.45, 7) is 0. The van der Waals surface area contributed by atoms with Gasteiger partial charge < -0.3 is 4.57 Å². The average Bonchev–Trinajstić information content (AvgIpc) is 3.77. The average molecular weight is 882 g/mol. The minimum atomic E-state index is 0.00856. The Morgan fingerprint density at radius 1 is 0.261 bits per heavy atom. The normalized spacial score (nSPS) is 14.4. The summed E-state index contributed by atoms with van der Waals surface area (Å²) in [7, 11) is 0. The zero-order chi connectivity index (χ0) is 45.4. The molecular formula is C62H39N7. The third-order valence-electron chi connectivity index (χ3n) is 13.9. The van der Waals surface area contributed by atoms with Gasteiger partial charge in [-0.3, -0.25) is 0 Å². The quantitative estimate of drug-likeness (QED) is 0.159. The molecule has 2 bridgehead atoms. The largest absolute Gasteiger partial charge is 0.309 e. The minimum Gasteiger partial charge on any atom is -0.309 e. The highest BCUT2D eigenvalue weighted by molar-refractivity contribution is 6.09. The van der Waals surface area contributed by atoms with E-state index in [4.69, 9.17) is 29.9 Å². The van der Waals surface area contributed by atoms with Crippen LogP contribution >= 0.6 is 0 Å². The van der Waals surface area contributed by atoms with E-state index in [-0.39, 0.29) is 11.8 Å². The lowest BCUT2D eigenvalue weighted by Crippen LogP contribution is -2.27. The van der Waals surface area contributed by atoms with E-state index >= 15 is 0 Å². The molecule has 322 valence electrons. The summed E-state index contributed by atoms with van der Waals surface area (Å²) >= 11 is 0. The maximum absolute atomic E-state index is 5.38. The van der Waals surface area contributed by atoms with Crippen LogP contribution in [0.2, 0.25) is 0 Å². The van der Waals surface area contributed by atoms with E-state index in [0.717, 1.165) is 50.1 Å². The molecule has 0 saturated carbocycles. The van der Waals surface area contributed by atoms with E-state index in [2.05, 4.69) is 150 Å². The molecule has 0 fully saturated rings. The van der Waals surface area contributed by atoms with Crippen LogP contribution in [0.4, 0.5) is 0 Å². The van der Waals surface area contributed by atoms with Gasteiger partial charge in [0, 0.05) is 56.0 Å². The first-order valence-corrected chi connectivity index (χ1v) is 23.4. The van der Waals surface area contributed by atoms with E-state index in [1.807, 2.05) is 78.9 Å². The van der Waals surface area contributed by atoms with Gasteiger partial charge in [0.2, 0.25) is 0 Å². The van der Waals surface area contributed by atoms with Crippen LogP contribution in [0.1, 0.15) is 45.2 Å². The Bertz CT molecular complexity index is 3870. The van der Waals surface area contributed by atoms with Gasteiger partial charge >= 0.3 is 0 Å². The first-order chi connectivity index (χ1) is 34.2. The molecule has 7 nitrogen and oxygen atoms in total. The molecular weight excluding hydrogens is 843 g/mol. The standard InChI is InChI=1S/C62H39N7/c1-4-18-38(19-5-1)57-63-58(39-20-6-2-7-21-39)65-60(64-57)41-32-34-47-50(36-41)55-45-26-10-11-27-46(45)56(47)51-37-42(33-35-48(51)55)61-66-59(40-22-8-3-9-23-40)67-62(68-61)49-28-14-17-31-54(49)69-52-29-15-12-24-43(52)44-25-13-16-30-53(44)69/h1-37,55-56H. The highest BCUT2D eigenvalue weighted by Crippen LogP contribution is 2.56. The van der Waals surface area contributed by atoms with Crippen LogP contribution in [0.15, 0.2) is 224 Å². The van der Waals surface area contributed by atoms with Crippen molar-refractivity contribution < 1.29 is 0 Å². The van der Waals surface area contributed by atoms with E-state index in [9.17, 15) is 0 Å². The van der Waals surface area contributed by atoms with Gasteiger partial charge in [-0.2, -0.15) is 0 Å². The molecule has 0 spiro atoms. The lowest BCUT2D eigenvalue weighted by Gasteiger charge is -2.42. The number of aromatic nitrogens is 7. The molecule has 12 aromatic rings. The minimum absolute atomic E-state index is 0.00856. The van der Waals surface area contributed by atoms with Crippen molar-refractivity contribution in [3.63, 3.8) is 0 Å². The van der Waals surface area contributed by atoms with Crippen molar-refractivity contribution >= 4 is 21.8 Å². The Labute approximate surface area is 398 Å². The Balaban J connectivity index is 0.913. The summed E-state index contributed by atoms with van der Waals surface area (Å²) in [6, 6.07) is 78.7. The topological polar surface area (TPSA) is 82.3 Å². The van der Waals surface area contributed by atoms with Crippen LogP contribution in [0.25, 0.3) is 95.8 Å². The summed E-state index contributed by atoms with van der Waals surface area (Å²) in [4.78, 5) is 31.0. The second-order valence-electron chi connectivity index (χ2n) is 17.8. The monoisotopic (exact) mass is 881 g/mol. The van der Waals surface area contributed by atoms with Crippen LogP contribution in [-0.2, 0) is 0 Å². The van der Waals surface area contributed by atoms with Crippen molar-refractivity contribution in [2.45, 2.75) is 11.8 Å². The number of para-hydroxylation sites is 3. The van der Waals surface area contributed by atoms with Gasteiger partial charge in [0.15, 0.2) is 34.9 Å². The highest BCUT2D eigenvalue weighted by atomic mass is 15.1. The molecule has 0 aliphatic heterocycles. The zero-order valence-corrected chi connectivity index (χ0v) is 37.1. The van der Waals surface area contributed by atoms with E-state index in [1.165, 1.54) is 44.2 Å². The molecule has 69 heavy (non-hydrogen) atoms. The van der Waals surface area contributed by atoms with Crippen molar-refractivity contribution in [1.29, 1.82) is 0 Å². The van der Waals surface area contributed by atoms with E-state index < -0.39 is 0 Å². The fraction of sp³-hybridized carbons (Fsp3) is 0.0323. The maximum atomic E-state index is 5.38. The molecule has 0 saturated heterocycles. The summed E-state index contributed by atoms with van der Waals surface area (Å²) < 4.78 is 2.34. The summed E-state index contributed by atoms with van der Waals surface area (Å²) in [5, 5.41) is 2.40. The Kier molecular flexibility index (Phi) is 8.89.